The third-order valence-corrected chi connectivity index (χ3v) is 11.1. The summed E-state index contributed by atoms with van der Waals surface area (Å²) >= 11 is 0. The second kappa shape index (κ2) is 9.51. The van der Waals surface area contributed by atoms with Crippen molar-refractivity contribution in [2.45, 2.75) is 17.8 Å². The molecule has 0 bridgehead atoms. The molecule has 0 amide bonds. The summed E-state index contributed by atoms with van der Waals surface area (Å²) in [4.78, 5) is 16.3. The first-order valence-electron chi connectivity index (χ1n) is 10.4. The lowest BCUT2D eigenvalue weighted by atomic mass is 10.2. The van der Waals surface area contributed by atoms with Crippen molar-refractivity contribution in [3.63, 3.8) is 0 Å². The van der Waals surface area contributed by atoms with Gasteiger partial charge < -0.3 is 24.4 Å². The molecule has 2 aliphatic heterocycles. The van der Waals surface area contributed by atoms with Gasteiger partial charge in [0.2, 0.25) is 12.5 Å². The van der Waals surface area contributed by atoms with E-state index in [0.717, 1.165) is 12.7 Å². The first-order chi connectivity index (χ1) is 16.0. The van der Waals surface area contributed by atoms with Gasteiger partial charge in [-0.15, -0.1) is 0 Å². The molecule has 3 heterocycles. The molecule has 0 saturated carbocycles. The van der Waals surface area contributed by atoms with Gasteiger partial charge in [-0.1, -0.05) is 12.1 Å². The van der Waals surface area contributed by atoms with Crippen LogP contribution in [0.5, 0.6) is 5.75 Å². The van der Waals surface area contributed by atoms with Crippen LogP contribution in [0.1, 0.15) is 17.4 Å². The van der Waals surface area contributed by atoms with Crippen molar-refractivity contribution in [1.82, 2.24) is 9.88 Å². The Morgan fingerprint density at radius 1 is 1.32 bits per heavy atom. The molecular weight excluding hydrogens is 489 g/mol. The Kier molecular flexibility index (Phi) is 6.99. The highest BCUT2D eigenvalue weighted by atomic mass is 31.2. The molecule has 1 aromatic heterocycles. The zero-order valence-electron chi connectivity index (χ0n) is 18.4. The minimum Gasteiger partial charge on any atom is -0.439 e. The molecule has 2 saturated heterocycles. The van der Waals surface area contributed by atoms with Crippen molar-refractivity contribution in [2.24, 2.45) is 0 Å². The SMILES string of the molecule is C=C(Oc1ccc(C2OP(C)(=O)C(O)(Cc3cccnc3)P(=O)(O)O2)cc1F)N1CCOCC1. The molecule has 0 spiro atoms. The Labute approximate surface area is 195 Å². The zero-order chi connectivity index (χ0) is 24.6. The number of aromatic nitrogens is 1. The van der Waals surface area contributed by atoms with E-state index in [9.17, 15) is 23.5 Å². The molecular formula is C21H25FN2O8P2. The lowest BCUT2D eigenvalue weighted by Crippen LogP contribution is -2.37. The molecule has 13 heteroatoms. The number of halogens is 1. The van der Waals surface area contributed by atoms with Crippen LogP contribution in [0.3, 0.4) is 0 Å². The van der Waals surface area contributed by atoms with Gasteiger partial charge in [-0.05, 0) is 30.3 Å². The fourth-order valence-corrected chi connectivity index (χ4v) is 7.95. The topological polar surface area (TPSA) is 128 Å². The van der Waals surface area contributed by atoms with Crippen LogP contribution in [-0.2, 0) is 29.3 Å². The summed E-state index contributed by atoms with van der Waals surface area (Å²) in [6.45, 7) is 6.98. The molecule has 2 aromatic rings. The lowest BCUT2D eigenvalue weighted by Gasteiger charge is -2.43. The van der Waals surface area contributed by atoms with E-state index in [1.54, 1.807) is 12.1 Å². The Morgan fingerprint density at radius 2 is 2.06 bits per heavy atom. The highest BCUT2D eigenvalue weighted by Crippen LogP contribution is 2.79. The quantitative estimate of drug-likeness (QED) is 0.437. The molecule has 1 aromatic carbocycles. The molecule has 2 N–H and O–H groups in total. The molecule has 2 fully saturated rings. The number of ether oxygens (including phenoxy) is 2. The standard InChI is InChI=1S/C21H25FN2O8P2/c1-15(24-8-10-29-11-9-24)30-19-6-5-17(12-18(19)22)20-31-33(2,26)21(25,34(27,28)32-20)13-16-4-3-7-23-14-16/h3-7,12,14,20,25H,1,8-11,13H2,2H3,(H,27,28). The summed E-state index contributed by atoms with van der Waals surface area (Å²) in [7, 11) is -9.11. The average Bonchev–Trinajstić information content (AvgIpc) is 2.80. The van der Waals surface area contributed by atoms with Gasteiger partial charge >= 0.3 is 7.60 Å². The smallest absolute Gasteiger partial charge is 0.372 e. The van der Waals surface area contributed by atoms with E-state index in [-0.39, 0.29) is 17.2 Å². The molecule has 2 aliphatic rings. The molecule has 0 aliphatic carbocycles. The van der Waals surface area contributed by atoms with Gasteiger partial charge in [-0.3, -0.25) is 23.2 Å². The van der Waals surface area contributed by atoms with E-state index in [2.05, 4.69) is 11.6 Å². The Hall–Kier alpha value is -2.10. The van der Waals surface area contributed by atoms with Gasteiger partial charge in [0.25, 0.3) is 0 Å². The summed E-state index contributed by atoms with van der Waals surface area (Å²) in [5.41, 5.74) is 0.349. The van der Waals surface area contributed by atoms with Crippen LogP contribution in [0.2, 0.25) is 0 Å². The highest BCUT2D eigenvalue weighted by molar-refractivity contribution is 7.75. The van der Waals surface area contributed by atoms with Crippen LogP contribution in [-0.4, -0.2) is 57.9 Å². The van der Waals surface area contributed by atoms with Gasteiger partial charge in [0, 0.05) is 44.1 Å². The maximum Gasteiger partial charge on any atom is 0.372 e. The summed E-state index contributed by atoms with van der Waals surface area (Å²) in [6.07, 6.45) is 0.717. The van der Waals surface area contributed by atoms with Gasteiger partial charge in [-0.2, -0.15) is 0 Å². The van der Waals surface area contributed by atoms with Crippen molar-refractivity contribution < 1.29 is 42.0 Å². The van der Waals surface area contributed by atoms with Gasteiger partial charge in [0.05, 0.1) is 13.2 Å². The van der Waals surface area contributed by atoms with Crippen molar-refractivity contribution in [3.8, 4) is 5.75 Å². The van der Waals surface area contributed by atoms with Gasteiger partial charge in [0.1, 0.15) is 0 Å². The number of morpholine rings is 1. The Morgan fingerprint density at radius 3 is 2.68 bits per heavy atom. The molecule has 4 rings (SSSR count). The van der Waals surface area contributed by atoms with Gasteiger partial charge in [0.15, 0.2) is 23.7 Å². The maximum atomic E-state index is 14.8. The summed E-state index contributed by atoms with van der Waals surface area (Å²) in [6, 6.07) is 6.73. The van der Waals surface area contributed by atoms with E-state index < -0.39 is 38.6 Å². The van der Waals surface area contributed by atoms with Crippen LogP contribution >= 0.6 is 15.0 Å². The minimum absolute atomic E-state index is 0.0124. The van der Waals surface area contributed by atoms with E-state index in [1.165, 1.54) is 24.5 Å². The van der Waals surface area contributed by atoms with Crippen LogP contribution in [0.15, 0.2) is 55.2 Å². The molecule has 0 radical (unpaired) electrons. The highest BCUT2D eigenvalue weighted by Gasteiger charge is 2.64. The minimum atomic E-state index is -4.93. The van der Waals surface area contributed by atoms with E-state index >= 15 is 0 Å². The molecule has 184 valence electrons. The van der Waals surface area contributed by atoms with Crippen LogP contribution in [0, 0.1) is 5.82 Å². The second-order valence-corrected chi connectivity index (χ2v) is 13.0. The summed E-state index contributed by atoms with van der Waals surface area (Å²) in [5, 5.41) is 8.30. The third-order valence-electron chi connectivity index (χ3n) is 5.62. The fraction of sp³-hybridized carbons (Fsp3) is 0.381. The molecule has 10 nitrogen and oxygen atoms in total. The van der Waals surface area contributed by atoms with E-state index in [0.29, 0.717) is 31.9 Å². The first-order valence-corrected chi connectivity index (χ1v) is 14.0. The van der Waals surface area contributed by atoms with E-state index in [1.807, 2.05) is 4.90 Å². The predicted octanol–water partition coefficient (Wildman–Crippen LogP) is 3.43. The number of rotatable bonds is 6. The average molecular weight is 514 g/mol. The Bertz CT molecular complexity index is 1130. The van der Waals surface area contributed by atoms with Crippen LogP contribution in [0.4, 0.5) is 4.39 Å². The number of pyridine rings is 1. The molecule has 4 unspecified atom stereocenters. The third kappa shape index (κ3) is 4.83. The summed E-state index contributed by atoms with van der Waals surface area (Å²) < 4.78 is 62.5. The fourth-order valence-electron chi connectivity index (χ4n) is 3.62. The lowest BCUT2D eigenvalue weighted by molar-refractivity contribution is -0.0441. The number of hydrogen-bond donors (Lipinski definition) is 2. The van der Waals surface area contributed by atoms with Gasteiger partial charge in [-0.25, -0.2) is 4.39 Å². The van der Waals surface area contributed by atoms with Crippen molar-refractivity contribution in [3.05, 3.63) is 72.1 Å². The van der Waals surface area contributed by atoms with Crippen LogP contribution in [0.25, 0.3) is 0 Å². The maximum absolute atomic E-state index is 14.8. The second-order valence-electron chi connectivity index (χ2n) is 8.01. The largest absolute Gasteiger partial charge is 0.439 e. The van der Waals surface area contributed by atoms with Crippen molar-refractivity contribution >= 4 is 15.0 Å². The van der Waals surface area contributed by atoms with Crippen LogP contribution < -0.4 is 4.74 Å². The first kappa shape index (κ1) is 25.0. The Balaban J connectivity index is 1.53. The number of aliphatic hydroxyl groups is 1. The normalized spacial score (nSPS) is 31.8. The number of hydrogen-bond acceptors (Lipinski definition) is 9. The molecule has 34 heavy (non-hydrogen) atoms. The predicted molar refractivity (Wildman–Crippen MR) is 120 cm³/mol. The number of nitrogens with zero attached hydrogens (tertiary/aromatic N) is 2. The van der Waals surface area contributed by atoms with E-state index in [4.69, 9.17) is 18.5 Å². The monoisotopic (exact) mass is 514 g/mol. The van der Waals surface area contributed by atoms with Crippen molar-refractivity contribution in [2.75, 3.05) is 33.0 Å². The number of benzene rings is 1. The molecule has 4 atom stereocenters. The summed E-state index contributed by atoms with van der Waals surface area (Å²) in [5.74, 6) is -0.691. The van der Waals surface area contributed by atoms with Crippen molar-refractivity contribution in [1.29, 1.82) is 0 Å². The zero-order valence-corrected chi connectivity index (χ0v) is 20.2.